The standard InChI is InChI=1S/C30H26F2N4O/c1-17(2)29-33-15-19(16-34-29)21-13-26-24(14-23(21)32)35-30-18(3)12-25(36(26)30)20-8-4-6-10-27(20)37-28-11-7-5-9-22(28)31/h4-11,13-18,25H,12H2,1-3H3. The largest absolute Gasteiger partial charge is 0.454 e. The molecule has 0 amide bonds. The van der Waals surface area contributed by atoms with Gasteiger partial charge in [-0.2, -0.15) is 0 Å². The molecular formula is C30H26F2N4O. The Morgan fingerprint density at radius 2 is 1.62 bits per heavy atom. The van der Waals surface area contributed by atoms with E-state index in [1.165, 1.54) is 12.1 Å². The third-order valence-electron chi connectivity index (χ3n) is 6.97. The van der Waals surface area contributed by atoms with Gasteiger partial charge in [-0.25, -0.2) is 23.7 Å². The molecule has 0 saturated carbocycles. The number of nitrogens with zero attached hydrogens (tertiary/aromatic N) is 4. The molecule has 0 aliphatic carbocycles. The van der Waals surface area contributed by atoms with Crippen molar-refractivity contribution in [2.75, 3.05) is 0 Å². The van der Waals surface area contributed by atoms with Gasteiger partial charge in [-0.1, -0.05) is 51.1 Å². The summed E-state index contributed by atoms with van der Waals surface area (Å²) < 4.78 is 37.8. The minimum atomic E-state index is -0.420. The van der Waals surface area contributed by atoms with Crippen molar-refractivity contribution in [3.05, 3.63) is 102 Å². The molecule has 37 heavy (non-hydrogen) atoms. The van der Waals surface area contributed by atoms with Crippen molar-refractivity contribution in [2.24, 2.45) is 0 Å². The molecule has 0 saturated heterocycles. The Bertz CT molecular complexity index is 1610. The molecular weight excluding hydrogens is 470 g/mol. The lowest BCUT2D eigenvalue weighted by Gasteiger charge is -2.19. The SMILES string of the molecule is CC(C)c1ncc(-c2cc3c(cc2F)nc2n3C(c3ccccc3Oc3ccccc3F)CC2C)cn1. The maximum Gasteiger partial charge on any atom is 0.165 e. The Kier molecular flexibility index (Phi) is 5.71. The normalized spacial score (nSPS) is 16.9. The molecule has 2 unspecified atom stereocenters. The van der Waals surface area contributed by atoms with Crippen LogP contribution in [0.1, 0.15) is 62.3 Å². The van der Waals surface area contributed by atoms with Crippen LogP contribution in [-0.2, 0) is 0 Å². The lowest BCUT2D eigenvalue weighted by molar-refractivity contribution is 0.430. The summed E-state index contributed by atoms with van der Waals surface area (Å²) in [5.41, 5.74) is 3.39. The number of aromatic nitrogens is 4. The molecule has 3 aromatic carbocycles. The molecule has 1 aliphatic heterocycles. The predicted octanol–water partition coefficient (Wildman–Crippen LogP) is 7.78. The van der Waals surface area contributed by atoms with Crippen LogP contribution in [0.4, 0.5) is 8.78 Å². The Morgan fingerprint density at radius 1 is 0.919 bits per heavy atom. The number of imidazole rings is 1. The maximum absolute atomic E-state index is 15.2. The Morgan fingerprint density at radius 3 is 2.35 bits per heavy atom. The van der Waals surface area contributed by atoms with E-state index < -0.39 is 5.82 Å². The predicted molar refractivity (Wildman–Crippen MR) is 139 cm³/mol. The number of benzene rings is 3. The van der Waals surface area contributed by atoms with Crippen LogP contribution in [0.25, 0.3) is 22.2 Å². The van der Waals surface area contributed by atoms with Crippen LogP contribution in [0.5, 0.6) is 11.5 Å². The summed E-state index contributed by atoms with van der Waals surface area (Å²) in [6, 6.07) is 17.3. The zero-order valence-corrected chi connectivity index (χ0v) is 20.8. The van der Waals surface area contributed by atoms with Crippen molar-refractivity contribution in [2.45, 2.75) is 45.1 Å². The molecule has 5 nitrogen and oxygen atoms in total. The molecule has 0 spiro atoms. The minimum Gasteiger partial charge on any atom is -0.454 e. The van der Waals surface area contributed by atoms with E-state index >= 15 is 4.39 Å². The molecule has 0 bridgehead atoms. The minimum absolute atomic E-state index is 0.101. The summed E-state index contributed by atoms with van der Waals surface area (Å²) >= 11 is 0. The fourth-order valence-electron chi connectivity index (χ4n) is 5.11. The Labute approximate surface area is 213 Å². The molecule has 7 heteroatoms. The lowest BCUT2D eigenvalue weighted by Crippen LogP contribution is -2.07. The van der Waals surface area contributed by atoms with E-state index in [2.05, 4.69) is 21.5 Å². The molecule has 0 radical (unpaired) electrons. The van der Waals surface area contributed by atoms with Crippen molar-refractivity contribution in [3.63, 3.8) is 0 Å². The lowest BCUT2D eigenvalue weighted by atomic mass is 9.98. The van der Waals surface area contributed by atoms with E-state index in [-0.39, 0.29) is 29.4 Å². The van der Waals surface area contributed by atoms with E-state index in [1.807, 2.05) is 44.2 Å². The molecule has 2 atom stereocenters. The van der Waals surface area contributed by atoms with E-state index in [0.29, 0.717) is 22.4 Å². The van der Waals surface area contributed by atoms with E-state index in [0.717, 1.165) is 29.1 Å². The van der Waals surface area contributed by atoms with E-state index in [1.54, 1.807) is 30.6 Å². The fraction of sp³-hybridized carbons (Fsp3) is 0.233. The number of rotatable bonds is 5. The number of para-hydroxylation sites is 2. The fourth-order valence-corrected chi connectivity index (χ4v) is 5.11. The van der Waals surface area contributed by atoms with Gasteiger partial charge in [0.1, 0.15) is 23.2 Å². The van der Waals surface area contributed by atoms with Gasteiger partial charge < -0.3 is 9.30 Å². The highest BCUT2D eigenvalue weighted by Gasteiger charge is 2.34. The molecule has 186 valence electrons. The Hall–Kier alpha value is -4.13. The van der Waals surface area contributed by atoms with Gasteiger partial charge in [0.05, 0.1) is 17.1 Å². The van der Waals surface area contributed by atoms with Gasteiger partial charge in [-0.05, 0) is 30.7 Å². The van der Waals surface area contributed by atoms with Gasteiger partial charge in [0.2, 0.25) is 0 Å². The Balaban J connectivity index is 1.46. The molecule has 0 fully saturated rings. The first kappa shape index (κ1) is 23.3. The first-order valence-corrected chi connectivity index (χ1v) is 12.5. The smallest absolute Gasteiger partial charge is 0.165 e. The summed E-state index contributed by atoms with van der Waals surface area (Å²) in [4.78, 5) is 13.6. The quantitative estimate of drug-likeness (QED) is 0.249. The highest BCUT2D eigenvalue weighted by molar-refractivity contribution is 5.83. The molecule has 2 aromatic heterocycles. The van der Waals surface area contributed by atoms with Crippen LogP contribution in [0.3, 0.4) is 0 Å². The van der Waals surface area contributed by atoms with Crippen molar-refractivity contribution in [3.8, 4) is 22.6 Å². The second kappa shape index (κ2) is 9.07. The van der Waals surface area contributed by atoms with Crippen LogP contribution in [0, 0.1) is 11.6 Å². The number of hydrogen-bond donors (Lipinski definition) is 0. The summed E-state index contributed by atoms with van der Waals surface area (Å²) in [5, 5.41) is 0. The first-order valence-electron chi connectivity index (χ1n) is 12.5. The molecule has 5 aromatic rings. The molecule has 0 N–H and O–H groups in total. The average molecular weight is 497 g/mol. The third kappa shape index (κ3) is 4.04. The highest BCUT2D eigenvalue weighted by atomic mass is 19.1. The number of fused-ring (bicyclic) bond motifs is 3. The average Bonchev–Trinajstić information content (AvgIpc) is 3.42. The summed E-state index contributed by atoms with van der Waals surface area (Å²) in [6.07, 6.45) is 4.14. The van der Waals surface area contributed by atoms with Crippen LogP contribution < -0.4 is 4.74 Å². The summed E-state index contributed by atoms with van der Waals surface area (Å²) in [5.74, 6) is 1.92. The van der Waals surface area contributed by atoms with Crippen LogP contribution in [-0.4, -0.2) is 19.5 Å². The number of halogens is 2. The van der Waals surface area contributed by atoms with E-state index in [4.69, 9.17) is 9.72 Å². The van der Waals surface area contributed by atoms with Gasteiger partial charge in [0.25, 0.3) is 0 Å². The van der Waals surface area contributed by atoms with Gasteiger partial charge >= 0.3 is 0 Å². The van der Waals surface area contributed by atoms with Crippen LogP contribution in [0.15, 0.2) is 73.1 Å². The summed E-state index contributed by atoms with van der Waals surface area (Å²) in [7, 11) is 0. The van der Waals surface area contributed by atoms with Crippen molar-refractivity contribution in [1.29, 1.82) is 0 Å². The second-order valence-corrected chi connectivity index (χ2v) is 9.87. The van der Waals surface area contributed by atoms with Gasteiger partial charge in [-0.15, -0.1) is 0 Å². The number of ether oxygens (including phenoxy) is 1. The van der Waals surface area contributed by atoms with Crippen LogP contribution >= 0.6 is 0 Å². The van der Waals surface area contributed by atoms with Gasteiger partial charge in [0, 0.05) is 47.0 Å². The maximum atomic E-state index is 15.2. The third-order valence-corrected chi connectivity index (χ3v) is 6.97. The second-order valence-electron chi connectivity index (χ2n) is 9.87. The van der Waals surface area contributed by atoms with Gasteiger partial charge in [-0.3, -0.25) is 0 Å². The molecule has 1 aliphatic rings. The van der Waals surface area contributed by atoms with Crippen molar-refractivity contribution in [1.82, 2.24) is 19.5 Å². The van der Waals surface area contributed by atoms with Crippen molar-refractivity contribution < 1.29 is 13.5 Å². The monoisotopic (exact) mass is 496 g/mol. The summed E-state index contributed by atoms with van der Waals surface area (Å²) in [6.45, 7) is 6.16. The zero-order chi connectivity index (χ0) is 25.7. The van der Waals surface area contributed by atoms with E-state index in [9.17, 15) is 4.39 Å². The molecule has 3 heterocycles. The van der Waals surface area contributed by atoms with Crippen LogP contribution in [0.2, 0.25) is 0 Å². The zero-order valence-electron chi connectivity index (χ0n) is 20.8. The number of hydrogen-bond acceptors (Lipinski definition) is 4. The highest BCUT2D eigenvalue weighted by Crippen LogP contribution is 2.46. The van der Waals surface area contributed by atoms with Gasteiger partial charge in [0.15, 0.2) is 11.6 Å². The van der Waals surface area contributed by atoms with Crippen molar-refractivity contribution >= 4 is 11.0 Å². The first-order chi connectivity index (χ1) is 17.9. The molecule has 6 rings (SSSR count). The topological polar surface area (TPSA) is 52.8 Å².